The van der Waals surface area contributed by atoms with Crippen LogP contribution in [0.3, 0.4) is 0 Å². The molecule has 1 saturated heterocycles. The van der Waals surface area contributed by atoms with Gasteiger partial charge in [0.1, 0.15) is 5.82 Å². The maximum absolute atomic E-state index is 13.6. The van der Waals surface area contributed by atoms with Gasteiger partial charge in [-0.1, -0.05) is 6.07 Å². The van der Waals surface area contributed by atoms with Gasteiger partial charge in [0.2, 0.25) is 5.95 Å². The van der Waals surface area contributed by atoms with Crippen molar-refractivity contribution in [3.63, 3.8) is 0 Å². The van der Waals surface area contributed by atoms with E-state index in [1.165, 1.54) is 6.07 Å². The Morgan fingerprint density at radius 3 is 2.61 bits per heavy atom. The molecule has 0 bridgehead atoms. The Morgan fingerprint density at radius 1 is 1.13 bits per heavy atom. The van der Waals surface area contributed by atoms with Crippen LogP contribution >= 0.6 is 11.8 Å². The molecule has 31 heavy (non-hydrogen) atoms. The van der Waals surface area contributed by atoms with Crippen LogP contribution in [-0.2, 0) is 12.3 Å². The fourth-order valence-corrected chi connectivity index (χ4v) is 4.08. The summed E-state index contributed by atoms with van der Waals surface area (Å²) in [6.45, 7) is 8.98. The lowest BCUT2D eigenvalue weighted by Gasteiger charge is -2.34. The topological polar surface area (TPSA) is 68.7 Å². The highest BCUT2D eigenvalue weighted by Gasteiger charge is 2.18. The second-order valence-electron chi connectivity index (χ2n) is 7.35. The van der Waals surface area contributed by atoms with Crippen molar-refractivity contribution in [3.8, 4) is 0 Å². The Labute approximate surface area is 188 Å². The summed E-state index contributed by atoms with van der Waals surface area (Å²) in [5.74, 6) is 2.19. The molecule has 9 heteroatoms. The fraction of sp³-hybridized carbons (Fsp3) is 0.500. The van der Waals surface area contributed by atoms with Gasteiger partial charge in [0, 0.05) is 64.0 Å². The molecule has 0 radical (unpaired) electrons. The summed E-state index contributed by atoms with van der Waals surface area (Å²) in [5.41, 5.74) is 2.07. The third-order valence-corrected chi connectivity index (χ3v) is 5.75. The normalized spacial score (nSPS) is 15.2. The zero-order valence-corrected chi connectivity index (χ0v) is 19.2. The number of aromatic nitrogens is 2. The molecule has 2 aromatic rings. The number of guanidine groups is 1. The lowest BCUT2D eigenvalue weighted by molar-refractivity contribution is 0.260. The van der Waals surface area contributed by atoms with Gasteiger partial charge in [0.15, 0.2) is 5.96 Å². The van der Waals surface area contributed by atoms with Crippen molar-refractivity contribution in [1.29, 1.82) is 0 Å². The fourth-order valence-electron chi connectivity index (χ4n) is 3.50. The van der Waals surface area contributed by atoms with E-state index in [9.17, 15) is 4.39 Å². The molecule has 0 atom stereocenters. The molecule has 1 aliphatic heterocycles. The summed E-state index contributed by atoms with van der Waals surface area (Å²) >= 11 is 1.69. The van der Waals surface area contributed by atoms with Crippen LogP contribution in [0.15, 0.2) is 41.7 Å². The lowest BCUT2D eigenvalue weighted by Crippen LogP contribution is -2.49. The van der Waals surface area contributed by atoms with Crippen molar-refractivity contribution in [3.05, 3.63) is 53.6 Å². The number of nitrogens with zero attached hydrogens (tertiary/aromatic N) is 5. The van der Waals surface area contributed by atoms with Gasteiger partial charge in [0.25, 0.3) is 0 Å². The molecular formula is C22H32FN7S. The van der Waals surface area contributed by atoms with E-state index in [1.54, 1.807) is 30.2 Å². The second-order valence-corrected chi connectivity index (χ2v) is 8.21. The first kappa shape index (κ1) is 23.3. The zero-order valence-electron chi connectivity index (χ0n) is 18.4. The van der Waals surface area contributed by atoms with Crippen LogP contribution in [0, 0.1) is 5.82 Å². The molecule has 0 aliphatic carbocycles. The van der Waals surface area contributed by atoms with Gasteiger partial charge in [-0.3, -0.25) is 4.90 Å². The highest BCUT2D eigenvalue weighted by atomic mass is 32.2. The van der Waals surface area contributed by atoms with Crippen LogP contribution < -0.4 is 15.5 Å². The average molecular weight is 446 g/mol. The Bertz CT molecular complexity index is 826. The van der Waals surface area contributed by atoms with Crippen molar-refractivity contribution in [1.82, 2.24) is 25.5 Å². The van der Waals surface area contributed by atoms with Crippen molar-refractivity contribution in [2.45, 2.75) is 19.2 Å². The Kier molecular flexibility index (Phi) is 9.36. The molecular weight excluding hydrogens is 413 g/mol. The third kappa shape index (κ3) is 7.36. The van der Waals surface area contributed by atoms with Gasteiger partial charge in [0.05, 0.1) is 6.54 Å². The second kappa shape index (κ2) is 12.5. The predicted molar refractivity (Wildman–Crippen MR) is 127 cm³/mol. The molecule has 0 unspecified atom stereocenters. The van der Waals surface area contributed by atoms with Crippen LogP contribution in [0.1, 0.15) is 18.1 Å². The maximum atomic E-state index is 13.6. The number of rotatable bonds is 9. The molecule has 0 spiro atoms. The van der Waals surface area contributed by atoms with E-state index < -0.39 is 0 Å². The molecule has 2 heterocycles. The maximum Gasteiger partial charge on any atom is 0.225 e. The molecule has 1 fully saturated rings. The molecule has 1 aromatic heterocycles. The molecule has 7 nitrogen and oxygen atoms in total. The van der Waals surface area contributed by atoms with Crippen LogP contribution in [-0.4, -0.2) is 72.9 Å². The zero-order chi connectivity index (χ0) is 21.9. The quantitative estimate of drug-likeness (QED) is 0.454. The number of halogens is 1. The van der Waals surface area contributed by atoms with E-state index in [-0.39, 0.29) is 5.82 Å². The number of hydrogen-bond acceptors (Lipinski definition) is 6. The average Bonchev–Trinajstić information content (AvgIpc) is 2.80. The van der Waals surface area contributed by atoms with Gasteiger partial charge in [-0.25, -0.2) is 19.4 Å². The SMILES string of the molecule is CCNC(=NCc1ccc(F)cc1CSC)NCCN1CCN(c2ncccn2)CC1. The standard InChI is InChI=1S/C22H32FN7S/c1-3-24-21(28-16-18-5-6-20(23)15-19(18)17-31-2)25-9-10-29-11-13-30(14-12-29)22-26-7-4-8-27-22/h4-8,15H,3,9-14,16-17H2,1-2H3,(H2,24,25,28). The van der Waals surface area contributed by atoms with Crippen molar-refractivity contribution in [2.24, 2.45) is 4.99 Å². The number of nitrogens with one attached hydrogen (secondary N) is 2. The Morgan fingerprint density at radius 2 is 1.90 bits per heavy atom. The third-order valence-electron chi connectivity index (χ3n) is 5.15. The minimum absolute atomic E-state index is 0.194. The number of benzene rings is 1. The lowest BCUT2D eigenvalue weighted by atomic mass is 10.1. The number of hydrogen-bond donors (Lipinski definition) is 2. The highest BCUT2D eigenvalue weighted by molar-refractivity contribution is 7.97. The van der Waals surface area contributed by atoms with E-state index in [1.807, 2.05) is 18.4 Å². The van der Waals surface area contributed by atoms with E-state index >= 15 is 0 Å². The Hall–Kier alpha value is -2.39. The largest absolute Gasteiger partial charge is 0.357 e. The minimum Gasteiger partial charge on any atom is -0.357 e. The molecule has 1 aliphatic rings. The van der Waals surface area contributed by atoms with Gasteiger partial charge in [-0.15, -0.1) is 0 Å². The van der Waals surface area contributed by atoms with Gasteiger partial charge in [-0.05, 0) is 42.5 Å². The molecule has 0 amide bonds. The van der Waals surface area contributed by atoms with Crippen LogP contribution in [0.2, 0.25) is 0 Å². The number of aliphatic imine (C=N–C) groups is 1. The molecule has 2 N–H and O–H groups in total. The van der Waals surface area contributed by atoms with Crippen molar-refractivity contribution < 1.29 is 4.39 Å². The molecule has 3 rings (SSSR count). The van der Waals surface area contributed by atoms with E-state index in [0.29, 0.717) is 6.54 Å². The number of anilines is 1. The van der Waals surface area contributed by atoms with Crippen molar-refractivity contribution in [2.75, 3.05) is 57.0 Å². The molecule has 0 saturated carbocycles. The first-order valence-corrected chi connectivity index (χ1v) is 12.1. The van der Waals surface area contributed by atoms with Crippen LogP contribution in [0.5, 0.6) is 0 Å². The van der Waals surface area contributed by atoms with E-state index in [2.05, 4.69) is 37.3 Å². The summed E-state index contributed by atoms with van der Waals surface area (Å²) in [6.07, 6.45) is 5.60. The summed E-state index contributed by atoms with van der Waals surface area (Å²) in [7, 11) is 0. The summed E-state index contributed by atoms with van der Waals surface area (Å²) in [6, 6.07) is 6.80. The van der Waals surface area contributed by atoms with Gasteiger partial charge >= 0.3 is 0 Å². The van der Waals surface area contributed by atoms with Crippen molar-refractivity contribution >= 4 is 23.7 Å². The first-order valence-electron chi connectivity index (χ1n) is 10.7. The van der Waals surface area contributed by atoms with Crippen LogP contribution in [0.25, 0.3) is 0 Å². The summed E-state index contributed by atoms with van der Waals surface area (Å²) in [4.78, 5) is 18.1. The smallest absolute Gasteiger partial charge is 0.225 e. The summed E-state index contributed by atoms with van der Waals surface area (Å²) in [5, 5.41) is 6.72. The number of thioether (sulfide) groups is 1. The van der Waals surface area contributed by atoms with Gasteiger partial charge < -0.3 is 15.5 Å². The number of piperazine rings is 1. The molecule has 168 valence electrons. The van der Waals surface area contributed by atoms with E-state index in [4.69, 9.17) is 4.99 Å². The highest BCUT2D eigenvalue weighted by Crippen LogP contribution is 2.17. The summed E-state index contributed by atoms with van der Waals surface area (Å²) < 4.78 is 13.6. The van der Waals surface area contributed by atoms with E-state index in [0.717, 1.165) is 74.6 Å². The molecule has 1 aromatic carbocycles. The first-order chi connectivity index (χ1) is 15.2. The monoisotopic (exact) mass is 445 g/mol. The minimum atomic E-state index is -0.194. The van der Waals surface area contributed by atoms with Gasteiger partial charge in [-0.2, -0.15) is 11.8 Å². The van der Waals surface area contributed by atoms with Crippen LogP contribution in [0.4, 0.5) is 10.3 Å². The Balaban J connectivity index is 1.47. The predicted octanol–water partition coefficient (Wildman–Crippen LogP) is 2.36.